The van der Waals surface area contributed by atoms with E-state index in [4.69, 9.17) is 10.5 Å². The standard InChI is InChI=1S/C9H16N4O/c1-9(2,5-10)13-8-7(14-3)4-11-6-12-8/h4,6H,5,10H2,1-3H3,(H,11,12,13). The van der Waals surface area contributed by atoms with Crippen LogP contribution in [0.5, 0.6) is 5.75 Å². The van der Waals surface area contributed by atoms with Gasteiger partial charge in [-0.15, -0.1) is 0 Å². The lowest BCUT2D eigenvalue weighted by atomic mass is 10.1. The van der Waals surface area contributed by atoms with E-state index in [2.05, 4.69) is 15.3 Å². The van der Waals surface area contributed by atoms with E-state index < -0.39 is 0 Å². The third-order valence-electron chi connectivity index (χ3n) is 1.87. The van der Waals surface area contributed by atoms with Crippen LogP contribution in [0.25, 0.3) is 0 Å². The first-order valence-electron chi connectivity index (χ1n) is 4.41. The van der Waals surface area contributed by atoms with Crippen LogP contribution in [0.2, 0.25) is 0 Å². The van der Waals surface area contributed by atoms with E-state index in [-0.39, 0.29) is 5.54 Å². The molecule has 1 aromatic heterocycles. The maximum Gasteiger partial charge on any atom is 0.179 e. The minimum Gasteiger partial charge on any atom is -0.491 e. The van der Waals surface area contributed by atoms with Gasteiger partial charge in [0, 0.05) is 12.1 Å². The Labute approximate surface area is 83.7 Å². The van der Waals surface area contributed by atoms with Crippen LogP contribution in [0, 0.1) is 0 Å². The van der Waals surface area contributed by atoms with Gasteiger partial charge in [0.05, 0.1) is 13.3 Å². The number of aromatic nitrogens is 2. The van der Waals surface area contributed by atoms with Crippen LogP contribution in [-0.2, 0) is 0 Å². The van der Waals surface area contributed by atoms with Gasteiger partial charge in [0.1, 0.15) is 6.33 Å². The maximum atomic E-state index is 5.60. The van der Waals surface area contributed by atoms with E-state index in [1.807, 2.05) is 13.8 Å². The summed E-state index contributed by atoms with van der Waals surface area (Å²) in [7, 11) is 1.58. The van der Waals surface area contributed by atoms with Crippen molar-refractivity contribution in [1.29, 1.82) is 0 Å². The van der Waals surface area contributed by atoms with Crippen molar-refractivity contribution >= 4 is 5.82 Å². The monoisotopic (exact) mass is 196 g/mol. The van der Waals surface area contributed by atoms with Gasteiger partial charge in [0.15, 0.2) is 11.6 Å². The fourth-order valence-electron chi connectivity index (χ4n) is 0.932. The van der Waals surface area contributed by atoms with Crippen molar-refractivity contribution in [2.45, 2.75) is 19.4 Å². The molecule has 0 bridgehead atoms. The van der Waals surface area contributed by atoms with Crippen molar-refractivity contribution in [1.82, 2.24) is 9.97 Å². The van der Waals surface area contributed by atoms with Crippen LogP contribution in [0.1, 0.15) is 13.8 Å². The fraction of sp³-hybridized carbons (Fsp3) is 0.556. The SMILES string of the molecule is COc1cncnc1NC(C)(C)CN. The minimum atomic E-state index is -0.207. The zero-order chi connectivity index (χ0) is 10.6. The molecular weight excluding hydrogens is 180 g/mol. The summed E-state index contributed by atoms with van der Waals surface area (Å²) in [6.07, 6.45) is 3.08. The van der Waals surface area contributed by atoms with Crippen LogP contribution in [-0.4, -0.2) is 29.2 Å². The molecular formula is C9H16N4O. The third kappa shape index (κ3) is 2.56. The number of rotatable bonds is 4. The Morgan fingerprint density at radius 1 is 1.57 bits per heavy atom. The van der Waals surface area contributed by atoms with Crippen molar-refractivity contribution in [3.63, 3.8) is 0 Å². The summed E-state index contributed by atoms with van der Waals surface area (Å²) in [4.78, 5) is 7.94. The van der Waals surface area contributed by atoms with Crippen LogP contribution in [0.3, 0.4) is 0 Å². The number of nitrogens with one attached hydrogen (secondary N) is 1. The van der Waals surface area contributed by atoms with Gasteiger partial charge in [0.2, 0.25) is 0 Å². The number of ether oxygens (including phenoxy) is 1. The topological polar surface area (TPSA) is 73.1 Å². The molecule has 0 spiro atoms. The first-order valence-corrected chi connectivity index (χ1v) is 4.41. The Balaban J connectivity index is 2.85. The van der Waals surface area contributed by atoms with E-state index in [9.17, 15) is 0 Å². The average Bonchev–Trinajstić information content (AvgIpc) is 2.18. The molecule has 1 heterocycles. The Morgan fingerprint density at radius 2 is 2.29 bits per heavy atom. The molecule has 5 heteroatoms. The van der Waals surface area contributed by atoms with Gasteiger partial charge in [0.25, 0.3) is 0 Å². The summed E-state index contributed by atoms with van der Waals surface area (Å²) in [5.41, 5.74) is 5.39. The molecule has 0 aliphatic carbocycles. The Hall–Kier alpha value is -1.36. The van der Waals surface area contributed by atoms with Crippen molar-refractivity contribution in [3.05, 3.63) is 12.5 Å². The maximum absolute atomic E-state index is 5.60. The largest absolute Gasteiger partial charge is 0.491 e. The van der Waals surface area contributed by atoms with Gasteiger partial charge in [-0.3, -0.25) is 0 Å². The Kier molecular flexibility index (Phi) is 3.24. The first kappa shape index (κ1) is 10.7. The van der Waals surface area contributed by atoms with E-state index in [1.54, 1.807) is 13.3 Å². The smallest absolute Gasteiger partial charge is 0.179 e. The van der Waals surface area contributed by atoms with Crippen molar-refractivity contribution < 1.29 is 4.74 Å². The van der Waals surface area contributed by atoms with Gasteiger partial charge in [-0.05, 0) is 13.8 Å². The average molecular weight is 196 g/mol. The minimum absolute atomic E-state index is 0.207. The summed E-state index contributed by atoms with van der Waals surface area (Å²) >= 11 is 0. The summed E-state index contributed by atoms with van der Waals surface area (Å²) in [6.45, 7) is 4.50. The van der Waals surface area contributed by atoms with E-state index >= 15 is 0 Å². The number of nitrogens with two attached hydrogens (primary N) is 1. The molecule has 0 amide bonds. The number of nitrogens with zero attached hydrogens (tertiary/aromatic N) is 2. The molecule has 0 aliphatic rings. The number of anilines is 1. The second-order valence-electron chi connectivity index (χ2n) is 3.65. The van der Waals surface area contributed by atoms with Gasteiger partial charge in [-0.25, -0.2) is 9.97 Å². The number of methoxy groups -OCH3 is 1. The molecule has 0 unspecified atom stereocenters. The van der Waals surface area contributed by atoms with Crippen molar-refractivity contribution in [2.75, 3.05) is 19.0 Å². The lowest BCUT2D eigenvalue weighted by Gasteiger charge is -2.25. The zero-order valence-corrected chi connectivity index (χ0v) is 8.74. The van der Waals surface area contributed by atoms with Crippen LogP contribution >= 0.6 is 0 Å². The molecule has 1 rings (SSSR count). The van der Waals surface area contributed by atoms with Gasteiger partial charge in [-0.2, -0.15) is 0 Å². The predicted molar refractivity (Wildman–Crippen MR) is 55.3 cm³/mol. The highest BCUT2D eigenvalue weighted by atomic mass is 16.5. The van der Waals surface area contributed by atoms with E-state index in [0.717, 1.165) is 0 Å². The van der Waals surface area contributed by atoms with Gasteiger partial charge < -0.3 is 15.8 Å². The fourth-order valence-corrected chi connectivity index (χ4v) is 0.932. The number of hydrogen-bond donors (Lipinski definition) is 2. The van der Waals surface area contributed by atoms with Crippen molar-refractivity contribution in [2.24, 2.45) is 5.73 Å². The molecule has 0 aliphatic heterocycles. The summed E-state index contributed by atoms with van der Waals surface area (Å²) in [5.74, 6) is 1.28. The Bertz CT molecular complexity index is 301. The summed E-state index contributed by atoms with van der Waals surface area (Å²) in [5, 5.41) is 3.19. The van der Waals surface area contributed by atoms with E-state index in [0.29, 0.717) is 18.1 Å². The molecule has 0 fully saturated rings. The first-order chi connectivity index (χ1) is 6.59. The highest BCUT2D eigenvalue weighted by Gasteiger charge is 2.17. The second kappa shape index (κ2) is 4.23. The lowest BCUT2D eigenvalue weighted by Crippen LogP contribution is -2.39. The summed E-state index contributed by atoms with van der Waals surface area (Å²) < 4.78 is 5.11. The second-order valence-corrected chi connectivity index (χ2v) is 3.65. The van der Waals surface area contributed by atoms with Crippen LogP contribution < -0.4 is 15.8 Å². The van der Waals surface area contributed by atoms with Crippen LogP contribution in [0.4, 0.5) is 5.82 Å². The molecule has 5 nitrogen and oxygen atoms in total. The normalized spacial score (nSPS) is 11.1. The molecule has 0 atom stereocenters. The van der Waals surface area contributed by atoms with Crippen LogP contribution in [0.15, 0.2) is 12.5 Å². The molecule has 3 N–H and O–H groups in total. The van der Waals surface area contributed by atoms with E-state index in [1.165, 1.54) is 6.33 Å². The van der Waals surface area contributed by atoms with Gasteiger partial charge in [-0.1, -0.05) is 0 Å². The quantitative estimate of drug-likeness (QED) is 0.739. The number of hydrogen-bond acceptors (Lipinski definition) is 5. The molecule has 0 aromatic carbocycles. The molecule has 0 radical (unpaired) electrons. The highest BCUT2D eigenvalue weighted by molar-refractivity contribution is 5.49. The molecule has 1 aromatic rings. The van der Waals surface area contributed by atoms with Gasteiger partial charge >= 0.3 is 0 Å². The summed E-state index contributed by atoms with van der Waals surface area (Å²) in [6, 6.07) is 0. The molecule has 0 saturated carbocycles. The Morgan fingerprint density at radius 3 is 2.86 bits per heavy atom. The molecule has 0 saturated heterocycles. The lowest BCUT2D eigenvalue weighted by molar-refractivity contribution is 0.410. The molecule has 78 valence electrons. The zero-order valence-electron chi connectivity index (χ0n) is 8.74. The van der Waals surface area contributed by atoms with Crippen molar-refractivity contribution in [3.8, 4) is 5.75 Å². The predicted octanol–water partition coefficient (Wildman–Crippen LogP) is 0.634. The molecule has 14 heavy (non-hydrogen) atoms. The highest BCUT2D eigenvalue weighted by Crippen LogP contribution is 2.22. The third-order valence-corrected chi connectivity index (χ3v) is 1.87.